The Morgan fingerprint density at radius 1 is 1.29 bits per heavy atom. The lowest BCUT2D eigenvalue weighted by molar-refractivity contribution is 0.289. The van der Waals surface area contributed by atoms with Gasteiger partial charge in [-0.15, -0.1) is 0 Å². The van der Waals surface area contributed by atoms with Crippen molar-refractivity contribution < 1.29 is 4.74 Å². The third-order valence-electron chi connectivity index (χ3n) is 2.91. The number of nitrogens with zero attached hydrogens (tertiary/aromatic N) is 4. The number of imidazole rings is 1. The van der Waals surface area contributed by atoms with Gasteiger partial charge in [-0.05, 0) is 24.6 Å². The van der Waals surface area contributed by atoms with Gasteiger partial charge in [0, 0.05) is 16.7 Å². The molecule has 108 valence electrons. The van der Waals surface area contributed by atoms with Gasteiger partial charge < -0.3 is 10.5 Å². The first-order chi connectivity index (χ1) is 10.2. The summed E-state index contributed by atoms with van der Waals surface area (Å²) in [4.78, 5) is 12.7. The first-order valence-electron chi connectivity index (χ1n) is 6.58. The fourth-order valence-electron chi connectivity index (χ4n) is 2.03. The molecule has 0 amide bonds. The minimum atomic E-state index is 0.214. The Labute approximate surface area is 130 Å². The Hall–Kier alpha value is -2.15. The van der Waals surface area contributed by atoms with Gasteiger partial charge >= 0.3 is 6.01 Å². The molecule has 2 heterocycles. The van der Waals surface area contributed by atoms with E-state index in [-0.39, 0.29) is 5.95 Å². The summed E-state index contributed by atoms with van der Waals surface area (Å²) in [6.07, 6.45) is 2.52. The molecular formula is C14H14BrN5O. The lowest BCUT2D eigenvalue weighted by Gasteiger charge is -2.09. The number of benzene rings is 1. The molecule has 3 rings (SSSR count). The molecule has 7 heteroatoms. The van der Waals surface area contributed by atoms with Crippen molar-refractivity contribution in [2.24, 2.45) is 0 Å². The van der Waals surface area contributed by atoms with E-state index in [1.807, 2.05) is 29.7 Å². The number of hydrogen-bond donors (Lipinski definition) is 1. The summed E-state index contributed by atoms with van der Waals surface area (Å²) in [6, 6.07) is 8.12. The van der Waals surface area contributed by atoms with Crippen LogP contribution in [0.2, 0.25) is 0 Å². The third-order valence-corrected chi connectivity index (χ3v) is 3.40. The second-order valence-electron chi connectivity index (χ2n) is 4.48. The Bertz CT molecular complexity index is 786. The second kappa shape index (κ2) is 5.69. The zero-order chi connectivity index (χ0) is 14.8. The summed E-state index contributed by atoms with van der Waals surface area (Å²) in [5.41, 5.74) is 7.41. The van der Waals surface area contributed by atoms with Crippen LogP contribution in [0.3, 0.4) is 0 Å². The highest BCUT2D eigenvalue weighted by Gasteiger charge is 2.15. The molecule has 0 aliphatic heterocycles. The Morgan fingerprint density at radius 3 is 2.90 bits per heavy atom. The molecule has 0 saturated heterocycles. The maximum atomic E-state index is 5.74. The summed E-state index contributed by atoms with van der Waals surface area (Å²) in [5, 5.41) is 0. The summed E-state index contributed by atoms with van der Waals surface area (Å²) in [7, 11) is 0. The Balaban J connectivity index is 2.23. The highest BCUT2D eigenvalue weighted by Crippen LogP contribution is 2.27. The van der Waals surface area contributed by atoms with Crippen molar-refractivity contribution in [1.29, 1.82) is 0 Å². The molecule has 21 heavy (non-hydrogen) atoms. The van der Waals surface area contributed by atoms with Gasteiger partial charge in [0.2, 0.25) is 5.95 Å². The molecule has 0 radical (unpaired) electrons. The average Bonchev–Trinajstić information content (AvgIpc) is 2.82. The quantitative estimate of drug-likeness (QED) is 0.784. The van der Waals surface area contributed by atoms with Crippen LogP contribution in [0.25, 0.3) is 16.9 Å². The van der Waals surface area contributed by atoms with Gasteiger partial charge in [0.1, 0.15) is 5.82 Å². The van der Waals surface area contributed by atoms with E-state index >= 15 is 0 Å². The van der Waals surface area contributed by atoms with Crippen LogP contribution in [0.4, 0.5) is 5.95 Å². The van der Waals surface area contributed by atoms with E-state index < -0.39 is 0 Å². The summed E-state index contributed by atoms with van der Waals surface area (Å²) >= 11 is 3.48. The highest BCUT2D eigenvalue weighted by atomic mass is 79.9. The molecule has 2 N–H and O–H groups in total. The molecule has 0 unspecified atom stereocenters. The van der Waals surface area contributed by atoms with Gasteiger partial charge in [0.25, 0.3) is 0 Å². The number of anilines is 1. The van der Waals surface area contributed by atoms with E-state index in [0.29, 0.717) is 18.4 Å². The van der Waals surface area contributed by atoms with Crippen LogP contribution >= 0.6 is 15.9 Å². The van der Waals surface area contributed by atoms with Crippen LogP contribution in [0.5, 0.6) is 6.01 Å². The van der Waals surface area contributed by atoms with Crippen molar-refractivity contribution in [1.82, 2.24) is 19.5 Å². The van der Waals surface area contributed by atoms with Crippen LogP contribution in [0.1, 0.15) is 13.3 Å². The third kappa shape index (κ3) is 2.69. The lowest BCUT2D eigenvalue weighted by atomic mass is 10.3. The van der Waals surface area contributed by atoms with Crippen LogP contribution in [-0.4, -0.2) is 26.1 Å². The molecule has 0 atom stereocenters. The van der Waals surface area contributed by atoms with Crippen molar-refractivity contribution in [3.05, 3.63) is 34.9 Å². The first kappa shape index (κ1) is 13.8. The standard InChI is InChI=1S/C14H14BrN5O/c1-2-7-21-14-18-10-4-3-9(15)8-11(10)20(14)12-5-6-17-13(16)19-12/h3-6,8H,2,7H2,1H3,(H2,16,17,19). The number of rotatable bonds is 4. The number of aromatic nitrogens is 4. The number of hydrogen-bond acceptors (Lipinski definition) is 5. The van der Waals surface area contributed by atoms with Crippen molar-refractivity contribution in [2.45, 2.75) is 13.3 Å². The average molecular weight is 348 g/mol. The Morgan fingerprint density at radius 2 is 2.14 bits per heavy atom. The molecule has 1 aromatic carbocycles. The minimum absolute atomic E-state index is 0.214. The molecule has 0 saturated carbocycles. The summed E-state index contributed by atoms with van der Waals surface area (Å²) < 4.78 is 8.54. The fraction of sp³-hybridized carbons (Fsp3) is 0.214. The first-order valence-corrected chi connectivity index (χ1v) is 7.38. The topological polar surface area (TPSA) is 78.8 Å². The van der Waals surface area contributed by atoms with Gasteiger partial charge in [-0.2, -0.15) is 9.97 Å². The normalized spacial score (nSPS) is 11.0. The molecule has 0 fully saturated rings. The smallest absolute Gasteiger partial charge is 0.303 e. The van der Waals surface area contributed by atoms with E-state index in [2.05, 4.69) is 30.9 Å². The van der Waals surface area contributed by atoms with Crippen molar-refractivity contribution in [3.63, 3.8) is 0 Å². The van der Waals surface area contributed by atoms with Crippen molar-refractivity contribution >= 4 is 32.9 Å². The predicted molar refractivity (Wildman–Crippen MR) is 84.6 cm³/mol. The maximum absolute atomic E-state index is 5.74. The monoisotopic (exact) mass is 347 g/mol. The van der Waals surface area contributed by atoms with Crippen LogP contribution in [0.15, 0.2) is 34.9 Å². The number of halogens is 1. The maximum Gasteiger partial charge on any atom is 0.303 e. The van der Waals surface area contributed by atoms with E-state index in [9.17, 15) is 0 Å². The molecule has 2 aromatic heterocycles. The molecular weight excluding hydrogens is 334 g/mol. The highest BCUT2D eigenvalue weighted by molar-refractivity contribution is 9.10. The molecule has 3 aromatic rings. The van der Waals surface area contributed by atoms with E-state index in [4.69, 9.17) is 10.5 Å². The lowest BCUT2D eigenvalue weighted by Crippen LogP contribution is -2.06. The number of nitrogen functional groups attached to an aromatic ring is 1. The number of ether oxygens (including phenoxy) is 1. The fourth-order valence-corrected chi connectivity index (χ4v) is 2.38. The van der Waals surface area contributed by atoms with Crippen LogP contribution in [0, 0.1) is 0 Å². The predicted octanol–water partition coefficient (Wildman–Crippen LogP) is 2.95. The van der Waals surface area contributed by atoms with Gasteiger partial charge in [0.05, 0.1) is 17.6 Å². The largest absolute Gasteiger partial charge is 0.464 e. The Kier molecular flexibility index (Phi) is 3.74. The van der Waals surface area contributed by atoms with Gasteiger partial charge in [0.15, 0.2) is 0 Å². The zero-order valence-electron chi connectivity index (χ0n) is 11.5. The van der Waals surface area contributed by atoms with Crippen molar-refractivity contribution in [3.8, 4) is 11.8 Å². The SMILES string of the molecule is CCCOc1nc2ccc(Br)cc2n1-c1ccnc(N)n1. The molecule has 0 aliphatic carbocycles. The van der Waals surface area contributed by atoms with E-state index in [1.54, 1.807) is 12.3 Å². The minimum Gasteiger partial charge on any atom is -0.464 e. The van der Waals surface area contributed by atoms with Crippen LogP contribution < -0.4 is 10.5 Å². The van der Waals surface area contributed by atoms with Gasteiger partial charge in [-0.1, -0.05) is 22.9 Å². The zero-order valence-corrected chi connectivity index (χ0v) is 13.0. The van der Waals surface area contributed by atoms with Gasteiger partial charge in [-0.25, -0.2) is 9.55 Å². The van der Waals surface area contributed by atoms with Crippen LogP contribution in [-0.2, 0) is 0 Å². The van der Waals surface area contributed by atoms with Gasteiger partial charge in [-0.3, -0.25) is 0 Å². The molecule has 0 spiro atoms. The van der Waals surface area contributed by atoms with E-state index in [0.717, 1.165) is 21.9 Å². The number of nitrogens with two attached hydrogens (primary N) is 1. The van der Waals surface area contributed by atoms with Crippen molar-refractivity contribution in [2.75, 3.05) is 12.3 Å². The van der Waals surface area contributed by atoms with E-state index in [1.165, 1.54) is 0 Å². The molecule has 0 aliphatic rings. The summed E-state index contributed by atoms with van der Waals surface area (Å²) in [6.45, 7) is 2.64. The molecule has 0 bridgehead atoms. The molecule has 6 nitrogen and oxygen atoms in total. The second-order valence-corrected chi connectivity index (χ2v) is 5.40. The summed E-state index contributed by atoms with van der Waals surface area (Å²) in [5.74, 6) is 0.847. The number of fused-ring (bicyclic) bond motifs is 1.